The number of para-hydroxylation sites is 1. The second-order valence-corrected chi connectivity index (χ2v) is 6.06. The molecular formula is C19H20FNO2. The summed E-state index contributed by atoms with van der Waals surface area (Å²) in [6, 6.07) is 14.0. The Kier molecular flexibility index (Phi) is 4.33. The number of benzene rings is 2. The van der Waals surface area contributed by atoms with Crippen LogP contribution in [0.1, 0.15) is 24.0 Å². The van der Waals surface area contributed by atoms with Crippen LogP contribution in [0.15, 0.2) is 48.5 Å². The molecular weight excluding hydrogens is 293 g/mol. The molecule has 0 spiro atoms. The molecule has 1 amide bonds. The van der Waals surface area contributed by atoms with E-state index < -0.39 is 0 Å². The van der Waals surface area contributed by atoms with Crippen LogP contribution in [0.4, 0.5) is 4.39 Å². The fourth-order valence-corrected chi connectivity index (χ4v) is 2.89. The summed E-state index contributed by atoms with van der Waals surface area (Å²) < 4.78 is 18.3. The zero-order valence-electron chi connectivity index (χ0n) is 13.1. The van der Waals surface area contributed by atoms with E-state index in [1.165, 1.54) is 12.1 Å². The SMILES string of the molecule is COc1ccccc1C1(CNC(=O)Cc2ccc(F)cc2)CC1. The first-order valence-corrected chi connectivity index (χ1v) is 7.78. The van der Waals surface area contributed by atoms with Crippen LogP contribution in [0.3, 0.4) is 0 Å². The van der Waals surface area contributed by atoms with Gasteiger partial charge in [0.05, 0.1) is 13.5 Å². The topological polar surface area (TPSA) is 38.3 Å². The highest BCUT2D eigenvalue weighted by Crippen LogP contribution is 2.50. The van der Waals surface area contributed by atoms with Crippen molar-refractivity contribution in [3.63, 3.8) is 0 Å². The van der Waals surface area contributed by atoms with Crippen molar-refractivity contribution in [2.24, 2.45) is 0 Å². The maximum Gasteiger partial charge on any atom is 0.224 e. The predicted octanol–water partition coefficient (Wildman–Crippen LogP) is 3.22. The minimum absolute atomic E-state index is 0.00887. The van der Waals surface area contributed by atoms with E-state index in [2.05, 4.69) is 11.4 Å². The molecule has 1 N–H and O–H groups in total. The summed E-state index contributed by atoms with van der Waals surface area (Å²) in [6.07, 6.45) is 2.36. The van der Waals surface area contributed by atoms with Crippen molar-refractivity contribution in [3.8, 4) is 5.75 Å². The lowest BCUT2D eigenvalue weighted by atomic mass is 9.94. The summed E-state index contributed by atoms with van der Waals surface area (Å²) in [7, 11) is 1.67. The average molecular weight is 313 g/mol. The lowest BCUT2D eigenvalue weighted by Gasteiger charge is -2.19. The third-order valence-corrected chi connectivity index (χ3v) is 4.43. The number of carbonyl (C=O) groups is 1. The number of hydrogen-bond donors (Lipinski definition) is 1. The van der Waals surface area contributed by atoms with Gasteiger partial charge in [0.25, 0.3) is 0 Å². The van der Waals surface area contributed by atoms with Crippen LogP contribution in [0.2, 0.25) is 0 Å². The van der Waals surface area contributed by atoms with E-state index in [9.17, 15) is 9.18 Å². The van der Waals surface area contributed by atoms with Crippen molar-refractivity contribution in [1.82, 2.24) is 5.32 Å². The van der Waals surface area contributed by atoms with Gasteiger partial charge in [0.15, 0.2) is 0 Å². The lowest BCUT2D eigenvalue weighted by Crippen LogP contribution is -2.33. The minimum atomic E-state index is -0.290. The Morgan fingerprint density at radius 1 is 1.17 bits per heavy atom. The number of ether oxygens (including phenoxy) is 1. The van der Waals surface area contributed by atoms with Gasteiger partial charge in [-0.3, -0.25) is 4.79 Å². The number of halogens is 1. The quantitative estimate of drug-likeness (QED) is 0.889. The Morgan fingerprint density at radius 2 is 1.87 bits per heavy atom. The van der Waals surface area contributed by atoms with Crippen molar-refractivity contribution in [3.05, 3.63) is 65.5 Å². The number of rotatable bonds is 6. The highest BCUT2D eigenvalue weighted by atomic mass is 19.1. The first-order valence-electron chi connectivity index (χ1n) is 7.78. The number of amides is 1. The Morgan fingerprint density at radius 3 is 2.52 bits per heavy atom. The lowest BCUT2D eigenvalue weighted by molar-refractivity contribution is -0.120. The zero-order chi connectivity index (χ0) is 16.3. The molecule has 2 aromatic rings. The molecule has 1 aliphatic carbocycles. The van der Waals surface area contributed by atoms with Crippen LogP contribution >= 0.6 is 0 Å². The summed E-state index contributed by atoms with van der Waals surface area (Å²) >= 11 is 0. The molecule has 0 unspecified atom stereocenters. The molecule has 1 fully saturated rings. The largest absolute Gasteiger partial charge is 0.496 e. The van der Waals surface area contributed by atoms with E-state index in [0.717, 1.165) is 29.7 Å². The van der Waals surface area contributed by atoms with Gasteiger partial charge in [-0.1, -0.05) is 30.3 Å². The van der Waals surface area contributed by atoms with E-state index >= 15 is 0 Å². The average Bonchev–Trinajstić information content (AvgIpc) is 3.36. The number of methoxy groups -OCH3 is 1. The number of carbonyl (C=O) groups excluding carboxylic acids is 1. The van der Waals surface area contributed by atoms with E-state index in [1.54, 1.807) is 19.2 Å². The summed E-state index contributed by atoms with van der Waals surface area (Å²) in [4.78, 5) is 12.1. The first kappa shape index (κ1) is 15.5. The predicted molar refractivity (Wildman–Crippen MR) is 87.0 cm³/mol. The molecule has 3 nitrogen and oxygen atoms in total. The standard InChI is InChI=1S/C19H20FNO2/c1-23-17-5-3-2-4-16(17)19(10-11-19)13-21-18(22)12-14-6-8-15(20)9-7-14/h2-9H,10-13H2,1H3,(H,21,22). The van der Waals surface area contributed by atoms with Gasteiger partial charge in [0, 0.05) is 17.5 Å². The zero-order valence-corrected chi connectivity index (χ0v) is 13.1. The Labute approximate surface area is 135 Å². The molecule has 0 saturated heterocycles. The molecule has 2 aromatic carbocycles. The summed E-state index contributed by atoms with van der Waals surface area (Å²) in [5.74, 6) is 0.540. The van der Waals surface area contributed by atoms with Gasteiger partial charge >= 0.3 is 0 Å². The van der Waals surface area contributed by atoms with Crippen molar-refractivity contribution < 1.29 is 13.9 Å². The number of hydrogen-bond acceptors (Lipinski definition) is 2. The van der Waals surface area contributed by atoms with Gasteiger partial charge in [-0.2, -0.15) is 0 Å². The van der Waals surface area contributed by atoms with Gasteiger partial charge in [-0.05, 0) is 36.6 Å². The van der Waals surface area contributed by atoms with E-state index in [0.29, 0.717) is 6.54 Å². The second-order valence-electron chi connectivity index (χ2n) is 6.06. The molecule has 3 rings (SSSR count). The molecule has 1 aliphatic rings. The molecule has 0 bridgehead atoms. The maximum absolute atomic E-state index is 12.9. The molecule has 0 atom stereocenters. The molecule has 1 saturated carbocycles. The molecule has 23 heavy (non-hydrogen) atoms. The van der Waals surface area contributed by atoms with Gasteiger partial charge in [-0.15, -0.1) is 0 Å². The van der Waals surface area contributed by atoms with Crippen molar-refractivity contribution in [2.75, 3.05) is 13.7 Å². The normalized spacial score (nSPS) is 15.0. The first-order chi connectivity index (χ1) is 11.1. The van der Waals surface area contributed by atoms with E-state index in [4.69, 9.17) is 4.74 Å². The van der Waals surface area contributed by atoms with Crippen LogP contribution in [0, 0.1) is 5.82 Å². The van der Waals surface area contributed by atoms with Crippen LogP contribution in [0.25, 0.3) is 0 Å². The van der Waals surface area contributed by atoms with Crippen LogP contribution in [0.5, 0.6) is 5.75 Å². The Bertz CT molecular complexity index is 693. The van der Waals surface area contributed by atoms with Gasteiger partial charge < -0.3 is 10.1 Å². The van der Waals surface area contributed by atoms with Crippen molar-refractivity contribution in [2.45, 2.75) is 24.7 Å². The third-order valence-electron chi connectivity index (χ3n) is 4.43. The third kappa shape index (κ3) is 3.52. The maximum atomic E-state index is 12.9. The fourth-order valence-electron chi connectivity index (χ4n) is 2.89. The van der Waals surface area contributed by atoms with Crippen LogP contribution in [-0.4, -0.2) is 19.6 Å². The monoisotopic (exact) mass is 313 g/mol. The van der Waals surface area contributed by atoms with Gasteiger partial charge in [0.1, 0.15) is 11.6 Å². The van der Waals surface area contributed by atoms with E-state index in [1.807, 2.05) is 18.2 Å². The minimum Gasteiger partial charge on any atom is -0.496 e. The van der Waals surface area contributed by atoms with Crippen molar-refractivity contribution in [1.29, 1.82) is 0 Å². The highest BCUT2D eigenvalue weighted by molar-refractivity contribution is 5.78. The summed E-state index contributed by atoms with van der Waals surface area (Å²) in [5, 5.41) is 3.01. The molecule has 0 radical (unpaired) electrons. The van der Waals surface area contributed by atoms with Crippen LogP contribution < -0.4 is 10.1 Å². The van der Waals surface area contributed by atoms with Crippen LogP contribution in [-0.2, 0) is 16.6 Å². The molecule has 0 aliphatic heterocycles. The smallest absolute Gasteiger partial charge is 0.224 e. The summed E-state index contributed by atoms with van der Waals surface area (Å²) in [5.41, 5.74) is 1.96. The fraction of sp³-hybridized carbons (Fsp3) is 0.316. The van der Waals surface area contributed by atoms with E-state index in [-0.39, 0.29) is 23.6 Å². The molecule has 0 aromatic heterocycles. The van der Waals surface area contributed by atoms with Crippen molar-refractivity contribution >= 4 is 5.91 Å². The second kappa shape index (κ2) is 6.41. The molecule has 4 heteroatoms. The van der Waals surface area contributed by atoms with Gasteiger partial charge in [-0.25, -0.2) is 4.39 Å². The van der Waals surface area contributed by atoms with Gasteiger partial charge in [0.2, 0.25) is 5.91 Å². The summed E-state index contributed by atoms with van der Waals surface area (Å²) in [6.45, 7) is 0.605. The molecule has 120 valence electrons. The number of nitrogens with one attached hydrogen (secondary N) is 1. The molecule has 0 heterocycles. The Balaban J connectivity index is 1.61. The Hall–Kier alpha value is -2.36. The highest BCUT2D eigenvalue weighted by Gasteiger charge is 2.46.